The maximum atomic E-state index is 10.8. The monoisotopic (exact) mass is 211 g/mol. The quantitative estimate of drug-likeness (QED) is 0.676. The second-order valence-electron chi connectivity index (χ2n) is 4.70. The molecule has 0 radical (unpaired) electrons. The van der Waals surface area contributed by atoms with Gasteiger partial charge in [-0.2, -0.15) is 0 Å². The maximum Gasteiger partial charge on any atom is 0.123 e. The molecule has 2 nitrogen and oxygen atoms in total. The number of rotatable bonds is 1. The molecule has 1 aliphatic heterocycles. The Labute approximate surface area is 93.8 Å². The molecule has 0 amide bonds. The summed E-state index contributed by atoms with van der Waals surface area (Å²) in [6.07, 6.45) is 12.6. The van der Waals surface area contributed by atoms with Crippen molar-refractivity contribution in [2.24, 2.45) is 5.92 Å². The SMILES string of the molecule is O=CC1CCCCCCCCCNCC1. The summed E-state index contributed by atoms with van der Waals surface area (Å²) in [4.78, 5) is 10.8. The lowest BCUT2D eigenvalue weighted by Gasteiger charge is -2.09. The Morgan fingerprint density at radius 1 is 0.800 bits per heavy atom. The van der Waals surface area contributed by atoms with Crippen molar-refractivity contribution in [1.82, 2.24) is 5.32 Å². The minimum absolute atomic E-state index is 0.304. The molecule has 2 heteroatoms. The molecule has 1 rings (SSSR count). The summed E-state index contributed by atoms with van der Waals surface area (Å²) >= 11 is 0. The molecule has 1 N–H and O–H groups in total. The Morgan fingerprint density at radius 2 is 1.47 bits per heavy atom. The van der Waals surface area contributed by atoms with Gasteiger partial charge in [0.25, 0.3) is 0 Å². The lowest BCUT2D eigenvalue weighted by atomic mass is 9.98. The highest BCUT2D eigenvalue weighted by Gasteiger charge is 2.06. The van der Waals surface area contributed by atoms with E-state index in [2.05, 4.69) is 5.32 Å². The lowest BCUT2D eigenvalue weighted by Crippen LogP contribution is -2.19. The molecule has 1 aliphatic rings. The van der Waals surface area contributed by atoms with E-state index in [0.29, 0.717) is 5.92 Å². The summed E-state index contributed by atoms with van der Waals surface area (Å²) in [7, 11) is 0. The van der Waals surface area contributed by atoms with E-state index in [-0.39, 0.29) is 0 Å². The van der Waals surface area contributed by atoms with Crippen molar-refractivity contribution in [3.63, 3.8) is 0 Å². The molecule has 0 bridgehead atoms. The fraction of sp³-hybridized carbons (Fsp3) is 0.923. The minimum atomic E-state index is 0.304. The first-order chi connectivity index (χ1) is 7.43. The predicted molar refractivity (Wildman–Crippen MR) is 64.0 cm³/mol. The molecule has 1 heterocycles. The van der Waals surface area contributed by atoms with Crippen LogP contribution in [-0.2, 0) is 4.79 Å². The number of hydrogen-bond acceptors (Lipinski definition) is 2. The van der Waals surface area contributed by atoms with E-state index in [1.54, 1.807) is 0 Å². The smallest absolute Gasteiger partial charge is 0.123 e. The first kappa shape index (κ1) is 12.7. The van der Waals surface area contributed by atoms with E-state index in [9.17, 15) is 4.79 Å². The molecule has 0 aromatic rings. The highest BCUT2D eigenvalue weighted by Crippen LogP contribution is 2.14. The molecule has 15 heavy (non-hydrogen) atoms. The molecule has 88 valence electrons. The van der Waals surface area contributed by atoms with Gasteiger partial charge < -0.3 is 10.1 Å². The highest BCUT2D eigenvalue weighted by molar-refractivity contribution is 5.53. The minimum Gasteiger partial charge on any atom is -0.317 e. The van der Waals surface area contributed by atoms with Crippen LogP contribution in [0.2, 0.25) is 0 Å². The van der Waals surface area contributed by atoms with Crippen LogP contribution in [-0.4, -0.2) is 19.4 Å². The predicted octanol–water partition coefficient (Wildman–Crippen LogP) is 2.92. The van der Waals surface area contributed by atoms with E-state index in [4.69, 9.17) is 0 Å². The summed E-state index contributed by atoms with van der Waals surface area (Å²) in [5, 5.41) is 3.43. The van der Waals surface area contributed by atoms with Gasteiger partial charge in [-0.1, -0.05) is 38.5 Å². The van der Waals surface area contributed by atoms with Crippen LogP contribution in [0, 0.1) is 5.92 Å². The third kappa shape index (κ3) is 6.67. The summed E-state index contributed by atoms with van der Waals surface area (Å²) in [5.74, 6) is 0.304. The Balaban J connectivity index is 2.20. The average molecular weight is 211 g/mol. The number of aldehydes is 1. The van der Waals surface area contributed by atoms with Gasteiger partial charge in [0.15, 0.2) is 0 Å². The second kappa shape index (κ2) is 8.90. The standard InChI is InChI=1S/C13H25NO/c15-12-13-8-6-4-2-1-3-5-7-10-14-11-9-13/h12-14H,1-11H2. The zero-order valence-electron chi connectivity index (χ0n) is 9.84. The Hall–Kier alpha value is -0.370. The fourth-order valence-corrected chi connectivity index (χ4v) is 2.23. The molecule has 0 aliphatic carbocycles. The largest absolute Gasteiger partial charge is 0.317 e. The number of carbonyl (C=O) groups excluding carboxylic acids is 1. The Morgan fingerprint density at radius 3 is 2.20 bits per heavy atom. The van der Waals surface area contributed by atoms with Crippen molar-refractivity contribution in [2.75, 3.05) is 13.1 Å². The number of carbonyl (C=O) groups is 1. The van der Waals surface area contributed by atoms with Gasteiger partial charge >= 0.3 is 0 Å². The second-order valence-corrected chi connectivity index (χ2v) is 4.70. The zero-order chi connectivity index (χ0) is 10.8. The van der Waals surface area contributed by atoms with Crippen molar-refractivity contribution in [2.45, 2.75) is 57.8 Å². The lowest BCUT2D eigenvalue weighted by molar-refractivity contribution is -0.111. The first-order valence-corrected chi connectivity index (χ1v) is 6.59. The van der Waals surface area contributed by atoms with Crippen LogP contribution in [0.15, 0.2) is 0 Å². The van der Waals surface area contributed by atoms with E-state index < -0.39 is 0 Å². The summed E-state index contributed by atoms with van der Waals surface area (Å²) in [5.41, 5.74) is 0. The molecular weight excluding hydrogens is 186 g/mol. The Kier molecular flexibility index (Phi) is 7.53. The van der Waals surface area contributed by atoms with Crippen LogP contribution >= 0.6 is 0 Å². The average Bonchev–Trinajstić information content (AvgIpc) is 2.29. The third-order valence-electron chi connectivity index (χ3n) is 3.31. The van der Waals surface area contributed by atoms with Gasteiger partial charge in [0.1, 0.15) is 6.29 Å². The van der Waals surface area contributed by atoms with Gasteiger partial charge in [-0.05, 0) is 32.4 Å². The van der Waals surface area contributed by atoms with Crippen molar-refractivity contribution in [3.05, 3.63) is 0 Å². The zero-order valence-corrected chi connectivity index (χ0v) is 9.84. The molecule has 1 unspecified atom stereocenters. The van der Waals surface area contributed by atoms with Gasteiger partial charge in [0.05, 0.1) is 0 Å². The number of hydrogen-bond donors (Lipinski definition) is 1. The van der Waals surface area contributed by atoms with Crippen LogP contribution in [0.4, 0.5) is 0 Å². The topological polar surface area (TPSA) is 29.1 Å². The fourth-order valence-electron chi connectivity index (χ4n) is 2.23. The van der Waals surface area contributed by atoms with E-state index in [1.807, 2.05) is 0 Å². The molecule has 0 aromatic heterocycles. The van der Waals surface area contributed by atoms with Crippen LogP contribution in [0.3, 0.4) is 0 Å². The van der Waals surface area contributed by atoms with Crippen LogP contribution in [0.5, 0.6) is 0 Å². The summed E-state index contributed by atoms with van der Waals surface area (Å²) in [6, 6.07) is 0. The van der Waals surface area contributed by atoms with Crippen molar-refractivity contribution >= 4 is 6.29 Å². The van der Waals surface area contributed by atoms with E-state index in [1.165, 1.54) is 44.9 Å². The molecule has 0 saturated carbocycles. The maximum absolute atomic E-state index is 10.8. The van der Waals surface area contributed by atoms with Crippen LogP contribution in [0.1, 0.15) is 57.8 Å². The molecular formula is C13H25NO. The van der Waals surface area contributed by atoms with Gasteiger partial charge in [0, 0.05) is 5.92 Å². The van der Waals surface area contributed by atoms with Gasteiger partial charge in [-0.25, -0.2) is 0 Å². The van der Waals surface area contributed by atoms with Crippen molar-refractivity contribution in [3.8, 4) is 0 Å². The number of nitrogens with one attached hydrogen (secondary N) is 1. The van der Waals surface area contributed by atoms with Crippen molar-refractivity contribution < 1.29 is 4.79 Å². The van der Waals surface area contributed by atoms with Gasteiger partial charge in [-0.3, -0.25) is 0 Å². The molecule has 1 saturated heterocycles. The molecule has 0 aromatic carbocycles. The van der Waals surface area contributed by atoms with Gasteiger partial charge in [0.2, 0.25) is 0 Å². The van der Waals surface area contributed by atoms with E-state index >= 15 is 0 Å². The molecule has 1 atom stereocenters. The summed E-state index contributed by atoms with van der Waals surface area (Å²) < 4.78 is 0. The van der Waals surface area contributed by atoms with Gasteiger partial charge in [-0.15, -0.1) is 0 Å². The van der Waals surface area contributed by atoms with E-state index in [0.717, 1.165) is 32.2 Å². The van der Waals surface area contributed by atoms with Crippen LogP contribution < -0.4 is 5.32 Å². The molecule has 1 fully saturated rings. The third-order valence-corrected chi connectivity index (χ3v) is 3.31. The first-order valence-electron chi connectivity index (χ1n) is 6.59. The summed E-state index contributed by atoms with van der Waals surface area (Å²) in [6.45, 7) is 2.15. The Bertz CT molecular complexity index is 145. The van der Waals surface area contributed by atoms with Crippen molar-refractivity contribution in [1.29, 1.82) is 0 Å². The normalized spacial score (nSPS) is 27.1. The highest BCUT2D eigenvalue weighted by atomic mass is 16.1. The molecule has 0 spiro atoms. The van der Waals surface area contributed by atoms with Crippen LogP contribution in [0.25, 0.3) is 0 Å².